The lowest BCUT2D eigenvalue weighted by molar-refractivity contribution is 0.0895. The second-order valence-corrected chi connectivity index (χ2v) is 8.00. The lowest BCUT2D eigenvalue weighted by Gasteiger charge is -2.22. The van der Waals surface area contributed by atoms with E-state index in [1.165, 1.54) is 24.6 Å². The topological polar surface area (TPSA) is 83.7 Å². The summed E-state index contributed by atoms with van der Waals surface area (Å²) in [5.41, 5.74) is 4.55. The molecule has 2 aromatic rings. The summed E-state index contributed by atoms with van der Waals surface area (Å²) in [7, 11) is 0. The number of halogens is 1. The highest BCUT2D eigenvalue weighted by Gasteiger charge is 2.29. The second kappa shape index (κ2) is 8.81. The third kappa shape index (κ3) is 4.15. The molecule has 0 bridgehead atoms. The van der Waals surface area contributed by atoms with Gasteiger partial charge in [-0.3, -0.25) is 9.59 Å². The van der Waals surface area contributed by atoms with E-state index in [1.54, 1.807) is 6.07 Å². The predicted molar refractivity (Wildman–Crippen MR) is 111 cm³/mol. The van der Waals surface area contributed by atoms with Crippen molar-refractivity contribution in [2.24, 2.45) is 5.10 Å². The van der Waals surface area contributed by atoms with Gasteiger partial charge in [0.1, 0.15) is 11.6 Å². The quantitative estimate of drug-likeness (QED) is 0.738. The van der Waals surface area contributed by atoms with Gasteiger partial charge in [0.25, 0.3) is 11.8 Å². The van der Waals surface area contributed by atoms with Crippen LogP contribution in [0.25, 0.3) is 0 Å². The van der Waals surface area contributed by atoms with Crippen molar-refractivity contribution in [3.8, 4) is 0 Å². The van der Waals surface area contributed by atoms with Crippen molar-refractivity contribution in [2.45, 2.75) is 64.3 Å². The van der Waals surface area contributed by atoms with Crippen molar-refractivity contribution in [1.82, 2.24) is 10.7 Å². The van der Waals surface area contributed by atoms with Crippen molar-refractivity contribution < 1.29 is 18.4 Å². The van der Waals surface area contributed by atoms with E-state index in [0.29, 0.717) is 30.1 Å². The van der Waals surface area contributed by atoms with Crippen LogP contribution in [0.15, 0.2) is 33.8 Å². The first-order valence-corrected chi connectivity index (χ1v) is 10.6. The summed E-state index contributed by atoms with van der Waals surface area (Å²) in [6.07, 6.45) is 7.66. The van der Waals surface area contributed by atoms with E-state index < -0.39 is 11.7 Å². The minimum atomic E-state index is -0.607. The first-order valence-electron chi connectivity index (χ1n) is 10.6. The molecule has 0 aliphatic heterocycles. The van der Waals surface area contributed by atoms with E-state index in [1.807, 2.05) is 6.92 Å². The van der Waals surface area contributed by atoms with Crippen LogP contribution in [0.1, 0.15) is 82.7 Å². The second-order valence-electron chi connectivity index (χ2n) is 8.00. The monoisotopic (exact) mass is 411 g/mol. The van der Waals surface area contributed by atoms with Gasteiger partial charge < -0.3 is 9.73 Å². The van der Waals surface area contributed by atoms with Crippen molar-refractivity contribution in [3.05, 3.63) is 58.3 Å². The van der Waals surface area contributed by atoms with E-state index in [-0.39, 0.29) is 17.5 Å². The third-order valence-electron chi connectivity index (χ3n) is 5.88. The van der Waals surface area contributed by atoms with Crippen LogP contribution in [-0.2, 0) is 6.42 Å². The molecule has 1 fully saturated rings. The number of benzene rings is 1. The Balaban J connectivity index is 1.53. The van der Waals surface area contributed by atoms with Crippen molar-refractivity contribution in [1.29, 1.82) is 0 Å². The Kier molecular flexibility index (Phi) is 5.97. The fraction of sp³-hybridized carbons (Fsp3) is 0.435. The van der Waals surface area contributed by atoms with Gasteiger partial charge in [-0.2, -0.15) is 5.10 Å². The Morgan fingerprint density at radius 1 is 1.07 bits per heavy atom. The van der Waals surface area contributed by atoms with Crippen LogP contribution in [0.2, 0.25) is 0 Å². The number of hydrogen-bond acceptors (Lipinski definition) is 4. The minimum absolute atomic E-state index is 0.0608. The Hall–Kier alpha value is -2.96. The number of nitrogens with one attached hydrogen (secondary N) is 2. The molecule has 30 heavy (non-hydrogen) atoms. The lowest BCUT2D eigenvalue weighted by Crippen LogP contribution is -2.36. The molecule has 2 aliphatic rings. The van der Waals surface area contributed by atoms with Crippen LogP contribution < -0.4 is 10.7 Å². The Morgan fingerprint density at radius 3 is 2.60 bits per heavy atom. The number of carbonyl (C=O) groups excluding carboxylic acids is 2. The summed E-state index contributed by atoms with van der Waals surface area (Å²) in [4.78, 5) is 25.1. The van der Waals surface area contributed by atoms with Crippen LogP contribution in [-0.4, -0.2) is 23.6 Å². The molecule has 2 aliphatic carbocycles. The molecule has 1 aromatic carbocycles. The SMILES string of the molecule is Cc1c(C(=O)NC2CCCCC2)oc2c1/C(=N/NC(=O)c1ccccc1F)CCC2. The number of fused-ring (bicyclic) bond motifs is 1. The number of nitrogens with zero attached hydrogens (tertiary/aromatic N) is 1. The summed E-state index contributed by atoms with van der Waals surface area (Å²) in [6, 6.07) is 5.97. The molecule has 1 heterocycles. The van der Waals surface area contributed by atoms with Gasteiger partial charge in [-0.05, 0) is 44.7 Å². The van der Waals surface area contributed by atoms with Gasteiger partial charge in [0.05, 0.1) is 11.3 Å². The largest absolute Gasteiger partial charge is 0.455 e. The first kappa shape index (κ1) is 20.3. The number of hydrogen-bond donors (Lipinski definition) is 2. The zero-order chi connectivity index (χ0) is 21.1. The van der Waals surface area contributed by atoms with Crippen molar-refractivity contribution in [3.63, 3.8) is 0 Å². The third-order valence-corrected chi connectivity index (χ3v) is 5.88. The Morgan fingerprint density at radius 2 is 1.83 bits per heavy atom. The number of amides is 2. The number of aryl methyl sites for hydroxylation is 1. The maximum Gasteiger partial charge on any atom is 0.287 e. The Bertz CT molecular complexity index is 990. The highest BCUT2D eigenvalue weighted by atomic mass is 19.1. The lowest BCUT2D eigenvalue weighted by atomic mass is 9.93. The van der Waals surface area contributed by atoms with Crippen LogP contribution in [0.4, 0.5) is 4.39 Å². The number of hydrazone groups is 1. The van der Waals surface area contributed by atoms with Gasteiger partial charge in [-0.25, -0.2) is 9.82 Å². The molecular weight excluding hydrogens is 385 g/mol. The fourth-order valence-corrected chi connectivity index (χ4v) is 4.32. The minimum Gasteiger partial charge on any atom is -0.455 e. The van der Waals surface area contributed by atoms with Gasteiger partial charge in [0, 0.05) is 23.6 Å². The molecule has 7 heteroatoms. The van der Waals surface area contributed by atoms with Crippen LogP contribution in [0.5, 0.6) is 0 Å². The van der Waals surface area contributed by atoms with Crippen molar-refractivity contribution >= 4 is 17.5 Å². The van der Waals surface area contributed by atoms with Gasteiger partial charge in [-0.1, -0.05) is 31.4 Å². The highest BCUT2D eigenvalue weighted by molar-refractivity contribution is 6.07. The summed E-state index contributed by atoms with van der Waals surface area (Å²) < 4.78 is 19.7. The highest BCUT2D eigenvalue weighted by Crippen LogP contribution is 2.30. The number of rotatable bonds is 4. The Labute approximate surface area is 174 Å². The van der Waals surface area contributed by atoms with Crippen molar-refractivity contribution in [2.75, 3.05) is 0 Å². The average molecular weight is 411 g/mol. The number of carbonyl (C=O) groups is 2. The van der Waals surface area contributed by atoms with Gasteiger partial charge in [-0.15, -0.1) is 0 Å². The van der Waals surface area contributed by atoms with Crippen LogP contribution >= 0.6 is 0 Å². The van der Waals surface area contributed by atoms with Crippen LogP contribution in [0, 0.1) is 12.7 Å². The smallest absolute Gasteiger partial charge is 0.287 e. The summed E-state index contributed by atoms with van der Waals surface area (Å²) in [5.74, 6) is -0.361. The number of furan rings is 1. The molecule has 6 nitrogen and oxygen atoms in total. The van der Waals surface area contributed by atoms with Crippen LogP contribution in [0.3, 0.4) is 0 Å². The molecule has 0 saturated heterocycles. The molecule has 0 spiro atoms. The fourth-order valence-electron chi connectivity index (χ4n) is 4.32. The standard InChI is InChI=1S/C23H26FN3O3/c1-14-20-18(26-27-22(28)16-10-5-6-11-17(16)24)12-7-13-19(20)30-21(14)23(29)25-15-8-3-2-4-9-15/h5-6,10-11,15H,2-4,7-9,12-13H2,1H3,(H,25,29)(H,27,28)/b26-18+. The first-order chi connectivity index (χ1) is 14.5. The average Bonchev–Trinajstić information content (AvgIpc) is 3.10. The zero-order valence-electron chi connectivity index (χ0n) is 17.1. The van der Waals surface area contributed by atoms with E-state index in [9.17, 15) is 14.0 Å². The molecule has 158 valence electrons. The maximum absolute atomic E-state index is 13.8. The maximum atomic E-state index is 13.8. The molecule has 2 N–H and O–H groups in total. The molecule has 0 radical (unpaired) electrons. The summed E-state index contributed by atoms with van der Waals surface area (Å²) in [5, 5.41) is 7.34. The van der Waals surface area contributed by atoms with E-state index in [0.717, 1.165) is 43.2 Å². The normalized spacial score (nSPS) is 18.1. The molecular formula is C23H26FN3O3. The molecule has 0 unspecified atom stereocenters. The van der Waals surface area contributed by atoms with Gasteiger partial charge >= 0.3 is 0 Å². The van der Waals surface area contributed by atoms with E-state index in [2.05, 4.69) is 15.8 Å². The molecule has 2 amide bonds. The van der Waals surface area contributed by atoms with Gasteiger partial charge in [0.2, 0.25) is 0 Å². The predicted octanol–water partition coefficient (Wildman–Crippen LogP) is 4.26. The summed E-state index contributed by atoms with van der Waals surface area (Å²) in [6.45, 7) is 1.84. The molecule has 0 atom stereocenters. The molecule has 1 aromatic heterocycles. The van der Waals surface area contributed by atoms with E-state index >= 15 is 0 Å². The molecule has 1 saturated carbocycles. The van der Waals surface area contributed by atoms with E-state index in [4.69, 9.17) is 4.42 Å². The molecule has 4 rings (SSSR count). The van der Waals surface area contributed by atoms with Gasteiger partial charge in [0.15, 0.2) is 5.76 Å². The summed E-state index contributed by atoms with van der Waals surface area (Å²) >= 11 is 0. The zero-order valence-corrected chi connectivity index (χ0v) is 17.1.